The summed E-state index contributed by atoms with van der Waals surface area (Å²) in [5.74, 6) is 2.10. The van der Waals surface area contributed by atoms with E-state index in [1.807, 2.05) is 29.2 Å². The second-order valence-corrected chi connectivity index (χ2v) is 12.3. The number of hydrogen-bond donors (Lipinski definition) is 1. The summed E-state index contributed by atoms with van der Waals surface area (Å²) in [6, 6.07) is 16.6. The Bertz CT molecular complexity index is 1980. The van der Waals surface area contributed by atoms with Crippen LogP contribution >= 0.6 is 0 Å². The van der Waals surface area contributed by atoms with Gasteiger partial charge in [-0.05, 0) is 43.0 Å². The number of nitriles is 1. The highest BCUT2D eigenvalue weighted by atomic mass is 16.5. The molecule has 1 saturated carbocycles. The summed E-state index contributed by atoms with van der Waals surface area (Å²) in [5, 5.41) is 10.7. The van der Waals surface area contributed by atoms with Gasteiger partial charge in [0.05, 0.1) is 30.2 Å². The fourth-order valence-electron chi connectivity index (χ4n) is 7.61. The van der Waals surface area contributed by atoms with E-state index >= 15 is 0 Å². The number of carbonyl (C=O) groups is 1. The summed E-state index contributed by atoms with van der Waals surface area (Å²) < 4.78 is 10.4. The predicted octanol–water partition coefficient (Wildman–Crippen LogP) is 3.56. The number of amides is 1. The van der Waals surface area contributed by atoms with Crippen molar-refractivity contribution < 1.29 is 9.53 Å². The van der Waals surface area contributed by atoms with Crippen molar-refractivity contribution in [2.75, 3.05) is 31.6 Å². The van der Waals surface area contributed by atoms with Crippen LogP contribution in [-0.4, -0.2) is 73.7 Å². The van der Waals surface area contributed by atoms with Gasteiger partial charge in [0.25, 0.3) is 5.91 Å². The zero-order chi connectivity index (χ0) is 30.1. The number of aryl methyl sites for hydroxylation is 1. The van der Waals surface area contributed by atoms with Crippen molar-refractivity contribution >= 4 is 33.5 Å². The zero-order valence-electron chi connectivity index (χ0n) is 24.7. The topological polar surface area (TPSA) is 131 Å². The number of aromatic nitrogens is 5. The van der Waals surface area contributed by atoms with Crippen LogP contribution in [-0.2, 0) is 13.6 Å². The third-order valence-corrected chi connectivity index (χ3v) is 9.91. The predicted molar refractivity (Wildman–Crippen MR) is 166 cm³/mol. The Morgan fingerprint density at radius 1 is 1.16 bits per heavy atom. The lowest BCUT2D eigenvalue weighted by atomic mass is 9.98. The van der Waals surface area contributed by atoms with Crippen LogP contribution in [0.15, 0.2) is 55.0 Å². The maximum atomic E-state index is 13.8. The maximum absolute atomic E-state index is 13.8. The molecule has 3 aromatic heterocycles. The van der Waals surface area contributed by atoms with Crippen LogP contribution < -0.4 is 15.4 Å². The summed E-state index contributed by atoms with van der Waals surface area (Å²) in [6.45, 7) is 2.91. The van der Waals surface area contributed by atoms with E-state index in [-0.39, 0.29) is 18.0 Å². The number of imidazole rings is 1. The van der Waals surface area contributed by atoms with Gasteiger partial charge >= 0.3 is 0 Å². The summed E-state index contributed by atoms with van der Waals surface area (Å²) >= 11 is 0. The highest BCUT2D eigenvalue weighted by molar-refractivity contribution is 6.00. The van der Waals surface area contributed by atoms with Crippen molar-refractivity contribution in [3.8, 4) is 23.3 Å². The number of fused-ring (bicyclic) bond motifs is 4. The SMILES string of the molecule is COc1cc(C(=O)N2C[C@H]3CC[C@@H]2[C@@H]3N)cc2nc(-c3cc4ccccc4n3C)n(CC3CN(c4cncnc4C#N)C3)c12. The molecular weight excluding hydrogens is 554 g/mol. The Morgan fingerprint density at radius 2 is 2.00 bits per heavy atom. The van der Waals surface area contributed by atoms with E-state index in [0.717, 1.165) is 65.1 Å². The second-order valence-electron chi connectivity index (χ2n) is 12.3. The molecule has 2 aromatic carbocycles. The average Bonchev–Trinajstić information content (AvgIpc) is 3.77. The second kappa shape index (κ2) is 10.1. The number of rotatable bonds is 6. The number of piperidine rings is 1. The number of benzene rings is 2. The van der Waals surface area contributed by atoms with Crippen LogP contribution in [0, 0.1) is 23.2 Å². The third-order valence-electron chi connectivity index (χ3n) is 9.91. The lowest BCUT2D eigenvalue weighted by Crippen LogP contribution is -2.49. The largest absolute Gasteiger partial charge is 0.494 e. The number of nitrogens with zero attached hydrogens (tertiary/aromatic N) is 8. The minimum absolute atomic E-state index is 0.0124. The van der Waals surface area contributed by atoms with E-state index in [0.29, 0.717) is 41.9 Å². The molecule has 5 heterocycles. The smallest absolute Gasteiger partial charge is 0.254 e. The fourth-order valence-corrected chi connectivity index (χ4v) is 7.61. The van der Waals surface area contributed by atoms with Gasteiger partial charge in [0.2, 0.25) is 0 Å². The Hall–Kier alpha value is -4.95. The molecule has 222 valence electrons. The Morgan fingerprint density at radius 3 is 2.73 bits per heavy atom. The minimum atomic E-state index is -0.0124. The number of anilines is 1. The molecule has 3 aliphatic rings. The van der Waals surface area contributed by atoms with Gasteiger partial charge in [-0.25, -0.2) is 15.0 Å². The fraction of sp³-hybridized carbons (Fsp3) is 0.364. The van der Waals surface area contributed by atoms with E-state index in [4.69, 9.17) is 15.5 Å². The monoisotopic (exact) mass is 587 g/mol. The first-order chi connectivity index (χ1) is 21.4. The standard InChI is InChI=1S/C33H33N9O2/c1-39-25-6-4-3-5-20(25)10-27(39)32-38-23-9-22(33(43)41-17-21-7-8-26(41)30(21)35)11-29(44-2)31(23)42(32)16-19-14-40(15-19)28-13-36-18-37-24(28)12-34/h3-6,9-11,13,18-19,21,26,30H,7-8,14-17,35H2,1-2H3/t21-,26-,30-/m1/s1. The van der Waals surface area contributed by atoms with Crippen LogP contribution in [0.4, 0.5) is 5.69 Å². The van der Waals surface area contributed by atoms with Crippen molar-refractivity contribution in [2.24, 2.45) is 24.6 Å². The zero-order valence-corrected chi connectivity index (χ0v) is 24.7. The van der Waals surface area contributed by atoms with Crippen molar-refractivity contribution in [3.63, 3.8) is 0 Å². The molecule has 3 fully saturated rings. The van der Waals surface area contributed by atoms with Crippen LogP contribution in [0.25, 0.3) is 33.5 Å². The number of ether oxygens (including phenoxy) is 1. The molecule has 1 amide bonds. The normalized spacial score (nSPS) is 21.3. The molecule has 11 nitrogen and oxygen atoms in total. The van der Waals surface area contributed by atoms with Gasteiger partial charge in [0, 0.05) is 67.7 Å². The van der Waals surface area contributed by atoms with Crippen LogP contribution in [0.1, 0.15) is 28.9 Å². The maximum Gasteiger partial charge on any atom is 0.254 e. The van der Waals surface area contributed by atoms with E-state index in [2.05, 4.69) is 55.3 Å². The molecule has 2 N–H and O–H groups in total. The third kappa shape index (κ3) is 3.98. The molecule has 0 spiro atoms. The average molecular weight is 588 g/mol. The van der Waals surface area contributed by atoms with Gasteiger partial charge in [-0.2, -0.15) is 5.26 Å². The van der Waals surface area contributed by atoms with Crippen molar-refractivity contribution in [1.82, 2.24) is 29.0 Å². The number of para-hydroxylation sites is 1. The van der Waals surface area contributed by atoms with Crippen LogP contribution in [0.3, 0.4) is 0 Å². The molecule has 2 aliphatic heterocycles. The van der Waals surface area contributed by atoms with Crippen LogP contribution in [0.5, 0.6) is 5.75 Å². The molecule has 0 unspecified atom stereocenters. The Labute approximate surface area is 254 Å². The molecular formula is C33H33N9O2. The number of likely N-dealkylation sites (tertiary alicyclic amines) is 1. The highest BCUT2D eigenvalue weighted by Gasteiger charge is 2.47. The molecule has 1 aliphatic carbocycles. The summed E-state index contributed by atoms with van der Waals surface area (Å²) in [7, 11) is 3.71. The summed E-state index contributed by atoms with van der Waals surface area (Å²) in [6.07, 6.45) is 5.15. The first-order valence-corrected chi connectivity index (χ1v) is 15.1. The highest BCUT2D eigenvalue weighted by Crippen LogP contribution is 2.40. The van der Waals surface area contributed by atoms with Crippen LogP contribution in [0.2, 0.25) is 0 Å². The molecule has 2 saturated heterocycles. The molecule has 5 aromatic rings. The number of nitrogens with two attached hydrogens (primary N) is 1. The molecule has 0 radical (unpaired) electrons. The number of hydrogen-bond acceptors (Lipinski definition) is 8. The molecule has 3 atom stereocenters. The van der Waals surface area contributed by atoms with Crippen molar-refractivity contribution in [2.45, 2.75) is 31.5 Å². The lowest BCUT2D eigenvalue weighted by Gasteiger charge is -2.41. The summed E-state index contributed by atoms with van der Waals surface area (Å²) in [4.78, 5) is 31.4. The minimum Gasteiger partial charge on any atom is -0.494 e. The van der Waals surface area contributed by atoms with Crippen molar-refractivity contribution in [3.05, 3.63) is 66.2 Å². The van der Waals surface area contributed by atoms with E-state index in [9.17, 15) is 10.1 Å². The Kier molecular flexibility index (Phi) is 6.10. The van der Waals surface area contributed by atoms with Gasteiger partial charge in [0.15, 0.2) is 11.5 Å². The van der Waals surface area contributed by atoms with Gasteiger partial charge in [-0.3, -0.25) is 4.79 Å². The van der Waals surface area contributed by atoms with E-state index in [1.54, 1.807) is 13.3 Å². The van der Waals surface area contributed by atoms with Gasteiger partial charge in [0.1, 0.15) is 23.7 Å². The lowest BCUT2D eigenvalue weighted by molar-refractivity contribution is 0.0700. The van der Waals surface area contributed by atoms with Gasteiger partial charge in [-0.1, -0.05) is 18.2 Å². The quantitative estimate of drug-likeness (QED) is 0.319. The van der Waals surface area contributed by atoms with E-state index in [1.165, 1.54) is 6.33 Å². The molecule has 2 bridgehead atoms. The molecule has 8 rings (SSSR count). The van der Waals surface area contributed by atoms with Crippen molar-refractivity contribution in [1.29, 1.82) is 5.26 Å². The number of carbonyl (C=O) groups excluding carboxylic acids is 1. The van der Waals surface area contributed by atoms with Gasteiger partial charge < -0.3 is 29.4 Å². The van der Waals surface area contributed by atoms with Gasteiger partial charge in [-0.15, -0.1) is 0 Å². The Balaban J connectivity index is 1.20. The summed E-state index contributed by atoms with van der Waals surface area (Å²) in [5.41, 5.74) is 11.8. The molecule has 44 heavy (non-hydrogen) atoms. The van der Waals surface area contributed by atoms with E-state index < -0.39 is 0 Å². The number of methoxy groups -OCH3 is 1. The molecule has 11 heteroatoms. The first kappa shape index (κ1) is 26.7. The first-order valence-electron chi connectivity index (χ1n) is 15.1.